The fourth-order valence-corrected chi connectivity index (χ4v) is 5.86. The lowest BCUT2D eigenvalue weighted by molar-refractivity contribution is -0.246. The van der Waals surface area contributed by atoms with Gasteiger partial charge >= 0.3 is 0 Å². The molecule has 9 heteroatoms. The third kappa shape index (κ3) is 10.5. The summed E-state index contributed by atoms with van der Waals surface area (Å²) in [7, 11) is 0. The third-order valence-corrected chi connectivity index (χ3v) is 8.76. The van der Waals surface area contributed by atoms with E-state index in [9.17, 15) is 15.0 Å². The molecule has 0 aromatic heterocycles. The van der Waals surface area contributed by atoms with Gasteiger partial charge in [-0.1, -0.05) is 121 Å². The molecule has 1 fully saturated rings. The minimum Gasteiger partial charge on any atom is -0.390 e. The van der Waals surface area contributed by atoms with E-state index in [1.165, 1.54) is 6.92 Å². The first-order valence-electron chi connectivity index (χ1n) is 16.9. The quantitative estimate of drug-likeness (QED) is 0.142. The zero-order chi connectivity index (χ0) is 34.3. The molecule has 0 spiro atoms. The summed E-state index contributed by atoms with van der Waals surface area (Å²) in [5.74, 6) is -0.276. The summed E-state index contributed by atoms with van der Waals surface area (Å²) in [5, 5.41) is 27.2. The molecule has 5 rings (SSSR count). The molecule has 0 bridgehead atoms. The van der Waals surface area contributed by atoms with E-state index in [0.717, 1.165) is 22.3 Å². The van der Waals surface area contributed by atoms with Crippen molar-refractivity contribution in [1.29, 1.82) is 0 Å². The van der Waals surface area contributed by atoms with Crippen LogP contribution in [0.3, 0.4) is 0 Å². The highest BCUT2D eigenvalue weighted by Gasteiger charge is 2.52. The number of nitrogens with zero attached hydrogens (tertiary/aromatic N) is 1. The summed E-state index contributed by atoms with van der Waals surface area (Å²) < 4.78 is 25.9. The maximum absolute atomic E-state index is 14.5. The smallest absolute Gasteiger partial charge is 0.254 e. The van der Waals surface area contributed by atoms with Crippen LogP contribution in [0, 0.1) is 0 Å². The topological polar surface area (TPSA) is 110 Å². The standard InChI is InChI=1S/C40H48N2O7/c1-31(43)40(45,30-46-26-32-14-6-2-7-15-32)38(49-29-35-20-12-5-13-21-35)36(47-27-33-16-8-3-9-17-33)37(39(44)42-24-22-41-23-25-42)48-28-34-18-10-4-11-19-34/h2-21,31,36-38,41,43,45H,22-30H2,1H3. The summed E-state index contributed by atoms with van der Waals surface area (Å²) in [5.41, 5.74) is 1.49. The maximum atomic E-state index is 14.5. The maximum Gasteiger partial charge on any atom is 0.254 e. The number of rotatable bonds is 18. The fourth-order valence-electron chi connectivity index (χ4n) is 5.86. The highest BCUT2D eigenvalue weighted by atomic mass is 16.6. The number of aliphatic hydroxyl groups is 2. The first-order chi connectivity index (χ1) is 23.9. The Hall–Kier alpha value is -3.93. The van der Waals surface area contributed by atoms with Crippen LogP contribution in [-0.2, 0) is 50.2 Å². The lowest BCUT2D eigenvalue weighted by atomic mass is 9.85. The average molecular weight is 669 g/mol. The zero-order valence-electron chi connectivity index (χ0n) is 28.1. The number of hydrogen-bond donors (Lipinski definition) is 3. The van der Waals surface area contributed by atoms with Crippen LogP contribution in [-0.4, -0.2) is 83.8 Å². The van der Waals surface area contributed by atoms with E-state index in [-0.39, 0.29) is 38.9 Å². The Morgan fingerprint density at radius 1 is 0.694 bits per heavy atom. The Bertz CT molecular complexity index is 1510. The van der Waals surface area contributed by atoms with Crippen LogP contribution in [0.2, 0.25) is 0 Å². The van der Waals surface area contributed by atoms with E-state index >= 15 is 0 Å². The Balaban J connectivity index is 1.54. The Kier molecular flexibility index (Phi) is 13.9. The fraction of sp³-hybridized carbons (Fsp3) is 0.375. The van der Waals surface area contributed by atoms with Gasteiger partial charge in [0, 0.05) is 26.2 Å². The molecule has 1 heterocycles. The minimum atomic E-state index is -2.01. The van der Waals surface area contributed by atoms with Gasteiger partial charge in [0.2, 0.25) is 0 Å². The van der Waals surface area contributed by atoms with Crippen LogP contribution >= 0.6 is 0 Å². The largest absolute Gasteiger partial charge is 0.390 e. The molecule has 9 nitrogen and oxygen atoms in total. The van der Waals surface area contributed by atoms with Gasteiger partial charge in [-0.25, -0.2) is 0 Å². The summed E-state index contributed by atoms with van der Waals surface area (Å²) in [6.45, 7) is 3.99. The molecule has 1 amide bonds. The molecular weight excluding hydrogens is 620 g/mol. The van der Waals surface area contributed by atoms with Gasteiger partial charge in [0.05, 0.1) is 39.1 Å². The van der Waals surface area contributed by atoms with Crippen molar-refractivity contribution in [3.8, 4) is 0 Å². The van der Waals surface area contributed by atoms with Crippen LogP contribution in [0.4, 0.5) is 0 Å². The Labute approximate surface area is 289 Å². The molecule has 0 aliphatic carbocycles. The molecule has 3 N–H and O–H groups in total. The molecule has 260 valence electrons. The molecular formula is C40H48N2O7. The van der Waals surface area contributed by atoms with Crippen molar-refractivity contribution in [3.63, 3.8) is 0 Å². The first kappa shape index (κ1) is 36.4. The van der Waals surface area contributed by atoms with E-state index in [2.05, 4.69) is 5.32 Å². The number of benzene rings is 4. The van der Waals surface area contributed by atoms with Crippen molar-refractivity contribution >= 4 is 5.91 Å². The van der Waals surface area contributed by atoms with Crippen LogP contribution in [0.1, 0.15) is 29.2 Å². The van der Waals surface area contributed by atoms with E-state index in [1.54, 1.807) is 4.90 Å². The van der Waals surface area contributed by atoms with Gasteiger partial charge in [-0.15, -0.1) is 0 Å². The monoisotopic (exact) mass is 668 g/mol. The SMILES string of the molecule is CC(O)C(O)(COCc1ccccc1)C(OCc1ccccc1)C(OCc1ccccc1)C(OCc1ccccc1)C(=O)N1CCNCC1. The van der Waals surface area contributed by atoms with Crippen molar-refractivity contribution in [1.82, 2.24) is 10.2 Å². The van der Waals surface area contributed by atoms with Crippen LogP contribution in [0.25, 0.3) is 0 Å². The molecule has 5 unspecified atom stereocenters. The molecule has 4 aromatic rings. The van der Waals surface area contributed by atoms with Crippen LogP contribution in [0.5, 0.6) is 0 Å². The lowest BCUT2D eigenvalue weighted by Gasteiger charge is -2.44. The van der Waals surface area contributed by atoms with Crippen molar-refractivity contribution in [2.75, 3.05) is 32.8 Å². The molecule has 1 aliphatic heterocycles. The molecule has 0 radical (unpaired) electrons. The molecule has 5 atom stereocenters. The normalized spacial score (nSPS) is 17.1. The second-order valence-corrected chi connectivity index (χ2v) is 12.4. The van der Waals surface area contributed by atoms with Gasteiger partial charge in [-0.05, 0) is 29.2 Å². The van der Waals surface area contributed by atoms with Gasteiger partial charge in [0.25, 0.3) is 5.91 Å². The number of aliphatic hydroxyl groups excluding tert-OH is 1. The zero-order valence-corrected chi connectivity index (χ0v) is 28.1. The van der Waals surface area contributed by atoms with E-state index in [0.29, 0.717) is 26.2 Å². The highest BCUT2D eigenvalue weighted by molar-refractivity contribution is 5.82. The number of nitrogens with one attached hydrogen (secondary N) is 1. The number of amides is 1. The predicted octanol–water partition coefficient (Wildman–Crippen LogP) is 4.50. The Morgan fingerprint density at radius 2 is 1.12 bits per heavy atom. The summed E-state index contributed by atoms with van der Waals surface area (Å²) in [6, 6.07) is 38.4. The minimum absolute atomic E-state index is 0.0810. The first-order valence-corrected chi connectivity index (χ1v) is 16.9. The van der Waals surface area contributed by atoms with Crippen molar-refractivity contribution in [3.05, 3.63) is 144 Å². The molecule has 1 saturated heterocycles. The number of hydrogen-bond acceptors (Lipinski definition) is 8. The van der Waals surface area contributed by atoms with Gasteiger partial charge in [0.15, 0.2) is 6.10 Å². The van der Waals surface area contributed by atoms with Crippen molar-refractivity contribution < 1.29 is 34.0 Å². The molecule has 4 aromatic carbocycles. The molecule has 0 saturated carbocycles. The van der Waals surface area contributed by atoms with Gasteiger partial charge in [-0.3, -0.25) is 4.79 Å². The summed E-state index contributed by atoms with van der Waals surface area (Å²) >= 11 is 0. The van der Waals surface area contributed by atoms with E-state index in [1.807, 2.05) is 121 Å². The van der Waals surface area contributed by atoms with Crippen molar-refractivity contribution in [2.45, 2.75) is 63.4 Å². The Morgan fingerprint density at radius 3 is 1.59 bits per heavy atom. The van der Waals surface area contributed by atoms with Gasteiger partial charge < -0.3 is 39.4 Å². The molecule has 49 heavy (non-hydrogen) atoms. The van der Waals surface area contributed by atoms with E-state index < -0.39 is 30.0 Å². The second kappa shape index (κ2) is 18.7. The predicted molar refractivity (Wildman–Crippen MR) is 187 cm³/mol. The third-order valence-electron chi connectivity index (χ3n) is 8.76. The lowest BCUT2D eigenvalue weighted by Crippen LogP contribution is -2.65. The second-order valence-electron chi connectivity index (χ2n) is 12.4. The van der Waals surface area contributed by atoms with Crippen molar-refractivity contribution in [2.24, 2.45) is 0 Å². The van der Waals surface area contributed by atoms with Crippen LogP contribution in [0.15, 0.2) is 121 Å². The van der Waals surface area contributed by atoms with Gasteiger partial charge in [0.1, 0.15) is 17.8 Å². The summed E-state index contributed by atoms with van der Waals surface area (Å²) in [6.07, 6.45) is -4.95. The van der Waals surface area contributed by atoms with Gasteiger partial charge in [-0.2, -0.15) is 0 Å². The number of carbonyl (C=O) groups excluding carboxylic acids is 1. The average Bonchev–Trinajstić information content (AvgIpc) is 3.15. The molecule has 1 aliphatic rings. The highest BCUT2D eigenvalue weighted by Crippen LogP contribution is 2.30. The number of ether oxygens (including phenoxy) is 4. The number of carbonyl (C=O) groups is 1. The summed E-state index contributed by atoms with van der Waals surface area (Å²) in [4.78, 5) is 16.3. The van der Waals surface area contributed by atoms with Crippen LogP contribution < -0.4 is 5.32 Å². The van der Waals surface area contributed by atoms with E-state index in [4.69, 9.17) is 18.9 Å². The number of piperazine rings is 1.